The molecule has 1 aliphatic heterocycles. The van der Waals surface area contributed by atoms with Gasteiger partial charge in [0.25, 0.3) is 5.91 Å². The molecule has 0 unspecified atom stereocenters. The van der Waals surface area contributed by atoms with Crippen molar-refractivity contribution in [2.24, 2.45) is 0 Å². The zero-order valence-electron chi connectivity index (χ0n) is 17.4. The van der Waals surface area contributed by atoms with E-state index in [1.807, 2.05) is 61.2 Å². The van der Waals surface area contributed by atoms with Crippen molar-refractivity contribution < 1.29 is 14.3 Å². The summed E-state index contributed by atoms with van der Waals surface area (Å²) < 4.78 is 5.15. The number of aryl methyl sites for hydroxylation is 1. The highest BCUT2D eigenvalue weighted by Gasteiger charge is 2.23. The summed E-state index contributed by atoms with van der Waals surface area (Å²) in [4.78, 5) is 29.2. The van der Waals surface area contributed by atoms with Gasteiger partial charge in [0.2, 0.25) is 5.91 Å². The fourth-order valence-electron chi connectivity index (χ4n) is 3.53. The van der Waals surface area contributed by atoms with Crippen LogP contribution in [-0.2, 0) is 16.1 Å². The van der Waals surface area contributed by atoms with Crippen molar-refractivity contribution in [3.05, 3.63) is 64.7 Å². The van der Waals surface area contributed by atoms with Crippen molar-refractivity contribution >= 4 is 17.5 Å². The minimum atomic E-state index is -0.0225. The van der Waals surface area contributed by atoms with Gasteiger partial charge in [0.1, 0.15) is 0 Å². The highest BCUT2D eigenvalue weighted by molar-refractivity contribution is 5.95. The van der Waals surface area contributed by atoms with Crippen molar-refractivity contribution in [3.63, 3.8) is 0 Å². The van der Waals surface area contributed by atoms with Gasteiger partial charge in [-0.1, -0.05) is 24.3 Å². The molecule has 6 heteroatoms. The molecule has 1 saturated heterocycles. The van der Waals surface area contributed by atoms with Gasteiger partial charge in [-0.15, -0.1) is 0 Å². The Morgan fingerprint density at radius 2 is 1.76 bits per heavy atom. The van der Waals surface area contributed by atoms with E-state index in [9.17, 15) is 9.59 Å². The molecule has 0 atom stereocenters. The first-order valence-electron chi connectivity index (χ1n) is 9.93. The van der Waals surface area contributed by atoms with E-state index in [1.54, 1.807) is 7.11 Å². The summed E-state index contributed by atoms with van der Waals surface area (Å²) in [5.41, 5.74) is 4.77. The average molecular weight is 396 g/mol. The number of rotatable bonds is 6. The predicted octanol–water partition coefficient (Wildman–Crippen LogP) is 2.85. The van der Waals surface area contributed by atoms with Gasteiger partial charge in [-0.25, -0.2) is 0 Å². The Morgan fingerprint density at radius 1 is 1.03 bits per heavy atom. The Kier molecular flexibility index (Phi) is 7.01. The first-order valence-corrected chi connectivity index (χ1v) is 9.93. The van der Waals surface area contributed by atoms with Gasteiger partial charge < -0.3 is 15.0 Å². The Labute approximate surface area is 172 Å². The highest BCUT2D eigenvalue weighted by atomic mass is 16.5. The molecule has 2 aromatic carbocycles. The largest absolute Gasteiger partial charge is 0.380 e. The quantitative estimate of drug-likeness (QED) is 0.817. The number of amides is 2. The number of hydrogen-bond donors (Lipinski definition) is 1. The van der Waals surface area contributed by atoms with E-state index in [0.29, 0.717) is 44.9 Å². The lowest BCUT2D eigenvalue weighted by atomic mass is 10.1. The molecule has 1 aliphatic rings. The number of benzene rings is 2. The number of anilines is 1. The van der Waals surface area contributed by atoms with Crippen molar-refractivity contribution in [3.8, 4) is 0 Å². The minimum absolute atomic E-state index is 0.0225. The maximum Gasteiger partial charge on any atom is 0.253 e. The van der Waals surface area contributed by atoms with E-state index in [0.717, 1.165) is 22.4 Å². The number of hydrogen-bond acceptors (Lipinski definition) is 4. The van der Waals surface area contributed by atoms with Crippen LogP contribution in [0.15, 0.2) is 42.5 Å². The molecule has 29 heavy (non-hydrogen) atoms. The zero-order chi connectivity index (χ0) is 20.8. The molecule has 0 radical (unpaired) electrons. The number of piperazine rings is 1. The molecule has 6 nitrogen and oxygen atoms in total. The molecule has 1 heterocycles. The molecular weight excluding hydrogens is 366 g/mol. The van der Waals surface area contributed by atoms with Crippen LogP contribution < -0.4 is 5.32 Å². The van der Waals surface area contributed by atoms with Crippen molar-refractivity contribution in [1.29, 1.82) is 0 Å². The molecule has 2 aromatic rings. The summed E-state index contributed by atoms with van der Waals surface area (Å²) >= 11 is 0. The molecule has 0 bridgehead atoms. The Balaban J connectivity index is 1.51. The number of nitrogens with zero attached hydrogens (tertiary/aromatic N) is 2. The molecule has 0 spiro atoms. The molecular formula is C23H29N3O3. The second-order valence-corrected chi connectivity index (χ2v) is 7.50. The maximum atomic E-state index is 12.8. The molecule has 3 rings (SSSR count). The van der Waals surface area contributed by atoms with Crippen LogP contribution in [-0.4, -0.2) is 61.4 Å². The summed E-state index contributed by atoms with van der Waals surface area (Å²) in [6.45, 7) is 7.47. The second-order valence-electron chi connectivity index (χ2n) is 7.50. The first kappa shape index (κ1) is 21.0. The van der Waals surface area contributed by atoms with Gasteiger partial charge in [0, 0.05) is 44.5 Å². The average Bonchev–Trinajstić information content (AvgIpc) is 2.72. The van der Waals surface area contributed by atoms with Crippen molar-refractivity contribution in [1.82, 2.24) is 9.80 Å². The van der Waals surface area contributed by atoms with Crippen molar-refractivity contribution in [2.75, 3.05) is 45.2 Å². The first-order chi connectivity index (χ1) is 14.0. The molecule has 0 aliphatic carbocycles. The van der Waals surface area contributed by atoms with Crippen LogP contribution in [0.1, 0.15) is 27.0 Å². The SMILES string of the molecule is COCc1cccc(C(=O)N2CCN(CC(=O)Nc3cccc(C)c3C)CC2)c1. The number of methoxy groups -OCH3 is 1. The third kappa shape index (κ3) is 5.43. The summed E-state index contributed by atoms with van der Waals surface area (Å²) in [7, 11) is 1.64. The van der Waals surface area contributed by atoms with Crippen LogP contribution in [0.3, 0.4) is 0 Å². The van der Waals surface area contributed by atoms with Crippen LogP contribution in [0.5, 0.6) is 0 Å². The molecule has 2 amide bonds. The van der Waals surface area contributed by atoms with Gasteiger partial charge in [-0.05, 0) is 48.7 Å². The van der Waals surface area contributed by atoms with Gasteiger partial charge in [-0.3, -0.25) is 14.5 Å². The number of nitrogens with one attached hydrogen (secondary N) is 1. The molecule has 0 saturated carbocycles. The van der Waals surface area contributed by atoms with E-state index in [-0.39, 0.29) is 11.8 Å². The van der Waals surface area contributed by atoms with E-state index in [1.165, 1.54) is 0 Å². The lowest BCUT2D eigenvalue weighted by Crippen LogP contribution is -2.50. The van der Waals surface area contributed by atoms with Crippen LogP contribution in [0.4, 0.5) is 5.69 Å². The third-order valence-electron chi connectivity index (χ3n) is 5.39. The molecule has 1 N–H and O–H groups in total. The number of carbonyl (C=O) groups is 2. The van der Waals surface area contributed by atoms with Crippen LogP contribution >= 0.6 is 0 Å². The Bertz CT molecular complexity index is 873. The van der Waals surface area contributed by atoms with Gasteiger partial charge >= 0.3 is 0 Å². The summed E-state index contributed by atoms with van der Waals surface area (Å²) in [6.07, 6.45) is 0. The molecule has 0 aromatic heterocycles. The Hall–Kier alpha value is -2.70. The number of carbonyl (C=O) groups excluding carboxylic acids is 2. The topological polar surface area (TPSA) is 61.9 Å². The van der Waals surface area contributed by atoms with Crippen LogP contribution in [0.25, 0.3) is 0 Å². The maximum absolute atomic E-state index is 12.8. The summed E-state index contributed by atoms with van der Waals surface area (Å²) in [6, 6.07) is 13.5. The molecule has 1 fully saturated rings. The van der Waals surface area contributed by atoms with Crippen LogP contribution in [0, 0.1) is 13.8 Å². The second kappa shape index (κ2) is 9.67. The minimum Gasteiger partial charge on any atom is -0.380 e. The van der Waals surface area contributed by atoms with Gasteiger partial charge in [-0.2, -0.15) is 0 Å². The molecule has 154 valence electrons. The summed E-state index contributed by atoms with van der Waals surface area (Å²) in [5.74, 6) is 0.00758. The fourth-order valence-corrected chi connectivity index (χ4v) is 3.53. The van der Waals surface area contributed by atoms with Crippen molar-refractivity contribution in [2.45, 2.75) is 20.5 Å². The van der Waals surface area contributed by atoms with E-state index in [4.69, 9.17) is 4.74 Å². The normalized spacial score (nSPS) is 14.7. The van der Waals surface area contributed by atoms with E-state index in [2.05, 4.69) is 10.2 Å². The fraction of sp³-hybridized carbons (Fsp3) is 0.391. The lowest BCUT2D eigenvalue weighted by Gasteiger charge is -2.34. The lowest BCUT2D eigenvalue weighted by molar-refractivity contribution is -0.117. The standard InChI is InChI=1S/C23H29N3O3/c1-17-6-4-9-21(18(17)2)24-22(27)15-25-10-12-26(13-11-25)23(28)20-8-5-7-19(14-20)16-29-3/h4-9,14H,10-13,15-16H2,1-3H3,(H,24,27). The highest BCUT2D eigenvalue weighted by Crippen LogP contribution is 2.18. The van der Waals surface area contributed by atoms with E-state index < -0.39 is 0 Å². The third-order valence-corrected chi connectivity index (χ3v) is 5.39. The monoisotopic (exact) mass is 395 g/mol. The van der Waals surface area contributed by atoms with Crippen LogP contribution in [0.2, 0.25) is 0 Å². The zero-order valence-corrected chi connectivity index (χ0v) is 17.4. The van der Waals surface area contributed by atoms with Gasteiger partial charge in [0.15, 0.2) is 0 Å². The Morgan fingerprint density at radius 3 is 2.48 bits per heavy atom. The number of ether oxygens (including phenoxy) is 1. The van der Waals surface area contributed by atoms with E-state index >= 15 is 0 Å². The predicted molar refractivity (Wildman–Crippen MR) is 114 cm³/mol. The van der Waals surface area contributed by atoms with Gasteiger partial charge in [0.05, 0.1) is 13.2 Å². The smallest absolute Gasteiger partial charge is 0.253 e. The summed E-state index contributed by atoms with van der Waals surface area (Å²) in [5, 5.41) is 3.00.